The molecule has 1 aromatic rings. The molecule has 0 fully saturated rings. The number of hydrogen-bond donors (Lipinski definition) is 0. The van der Waals surface area contributed by atoms with E-state index in [0.717, 1.165) is 4.88 Å². The fourth-order valence-electron chi connectivity index (χ4n) is 0.544. The van der Waals surface area contributed by atoms with E-state index in [4.69, 9.17) is 0 Å². The number of carbonyl (C=O) groups excluding carboxylic acids is 1. The molecular formula is C7H7NOS. The number of ketones is 1. The van der Waals surface area contributed by atoms with Crippen LogP contribution in [0.2, 0.25) is 0 Å². The predicted octanol–water partition coefficient (Wildman–Crippen LogP) is 1.99. The first-order valence-corrected chi connectivity index (χ1v) is 3.65. The molecule has 1 rings (SSSR count). The summed E-state index contributed by atoms with van der Waals surface area (Å²) in [5.74, 6) is 0.0121. The first kappa shape index (κ1) is 7.15. The summed E-state index contributed by atoms with van der Waals surface area (Å²) in [6.45, 7) is 5.07. The first-order valence-electron chi connectivity index (χ1n) is 2.83. The zero-order chi connectivity index (χ0) is 7.56. The Hall–Kier alpha value is -0.960. The fourth-order valence-corrected chi connectivity index (χ4v) is 1.20. The molecule has 1 heterocycles. The average Bonchev–Trinajstić information content (AvgIpc) is 2.34. The third-order valence-corrected chi connectivity index (χ3v) is 2.12. The normalized spacial score (nSPS) is 9.30. The van der Waals surface area contributed by atoms with Crippen LogP contribution in [0, 0.1) is 0 Å². The van der Waals surface area contributed by atoms with Crippen molar-refractivity contribution in [3.8, 4) is 0 Å². The molecular weight excluding hydrogens is 146 g/mol. The summed E-state index contributed by atoms with van der Waals surface area (Å²) in [6.07, 6.45) is 3.33. The van der Waals surface area contributed by atoms with Gasteiger partial charge in [0.25, 0.3) is 0 Å². The van der Waals surface area contributed by atoms with E-state index in [1.165, 1.54) is 18.3 Å². The van der Waals surface area contributed by atoms with Crippen molar-refractivity contribution in [1.29, 1.82) is 0 Å². The second-order valence-electron chi connectivity index (χ2n) is 1.83. The van der Waals surface area contributed by atoms with Gasteiger partial charge in [-0.15, -0.1) is 11.3 Å². The standard InChI is InChI=1S/C7H7NOS/c1-3-6-4-8-7(10-6)5(2)9/h3-4H,1H2,2H3. The Balaban J connectivity index is 2.98. The molecule has 1 aromatic heterocycles. The van der Waals surface area contributed by atoms with Crippen molar-refractivity contribution in [2.24, 2.45) is 0 Å². The van der Waals surface area contributed by atoms with E-state index in [1.54, 1.807) is 12.3 Å². The molecule has 0 aliphatic heterocycles. The Morgan fingerprint density at radius 2 is 2.60 bits per heavy atom. The molecule has 0 unspecified atom stereocenters. The van der Waals surface area contributed by atoms with Gasteiger partial charge in [0.1, 0.15) is 0 Å². The molecule has 52 valence electrons. The topological polar surface area (TPSA) is 30.0 Å². The zero-order valence-electron chi connectivity index (χ0n) is 5.63. The van der Waals surface area contributed by atoms with Gasteiger partial charge in [-0.25, -0.2) is 4.98 Å². The third-order valence-electron chi connectivity index (χ3n) is 1.03. The van der Waals surface area contributed by atoms with E-state index in [2.05, 4.69) is 11.6 Å². The van der Waals surface area contributed by atoms with E-state index in [9.17, 15) is 4.79 Å². The van der Waals surface area contributed by atoms with E-state index in [1.807, 2.05) is 0 Å². The van der Waals surface area contributed by atoms with Crippen LogP contribution in [-0.4, -0.2) is 10.8 Å². The number of nitrogens with zero attached hydrogens (tertiary/aromatic N) is 1. The molecule has 0 aliphatic carbocycles. The number of rotatable bonds is 2. The van der Waals surface area contributed by atoms with Crippen molar-refractivity contribution in [3.63, 3.8) is 0 Å². The van der Waals surface area contributed by atoms with Crippen LogP contribution in [0.15, 0.2) is 12.8 Å². The van der Waals surface area contributed by atoms with Crippen molar-refractivity contribution in [3.05, 3.63) is 22.7 Å². The summed E-state index contributed by atoms with van der Waals surface area (Å²) in [4.78, 5) is 15.5. The largest absolute Gasteiger partial charge is 0.292 e. The summed E-state index contributed by atoms with van der Waals surface area (Å²) in [6, 6.07) is 0. The number of Topliss-reactive ketones (excluding diaryl/α,β-unsaturated/α-hetero) is 1. The molecule has 10 heavy (non-hydrogen) atoms. The summed E-state index contributed by atoms with van der Waals surface area (Å²) >= 11 is 1.36. The van der Waals surface area contributed by atoms with Crippen molar-refractivity contribution < 1.29 is 4.79 Å². The van der Waals surface area contributed by atoms with Crippen LogP contribution in [0.5, 0.6) is 0 Å². The smallest absolute Gasteiger partial charge is 0.188 e. The number of carbonyl (C=O) groups is 1. The van der Waals surface area contributed by atoms with Crippen molar-refractivity contribution in [1.82, 2.24) is 4.98 Å². The van der Waals surface area contributed by atoms with Crippen LogP contribution in [0.1, 0.15) is 21.6 Å². The monoisotopic (exact) mass is 153 g/mol. The Kier molecular flexibility index (Phi) is 1.97. The Morgan fingerprint density at radius 3 is 2.90 bits per heavy atom. The molecule has 0 saturated heterocycles. The summed E-state index contributed by atoms with van der Waals surface area (Å²) in [5.41, 5.74) is 0. The van der Waals surface area contributed by atoms with Gasteiger partial charge >= 0.3 is 0 Å². The Labute approximate surface area is 63.2 Å². The Morgan fingerprint density at radius 1 is 1.90 bits per heavy atom. The van der Waals surface area contributed by atoms with Crippen molar-refractivity contribution >= 4 is 23.2 Å². The van der Waals surface area contributed by atoms with E-state index in [0.29, 0.717) is 5.01 Å². The lowest BCUT2D eigenvalue weighted by atomic mass is 10.5. The molecule has 0 amide bonds. The average molecular weight is 153 g/mol. The van der Waals surface area contributed by atoms with Gasteiger partial charge in [-0.05, 0) is 0 Å². The molecule has 0 aliphatic rings. The molecule has 0 aromatic carbocycles. The maximum atomic E-state index is 10.7. The lowest BCUT2D eigenvalue weighted by Gasteiger charge is -1.79. The summed E-state index contributed by atoms with van der Waals surface area (Å²) in [5, 5.41) is 0.551. The van der Waals surface area contributed by atoms with E-state index < -0.39 is 0 Å². The van der Waals surface area contributed by atoms with Gasteiger partial charge in [0.05, 0.1) is 0 Å². The maximum Gasteiger partial charge on any atom is 0.188 e. The second kappa shape index (κ2) is 2.75. The Bertz CT molecular complexity index is 264. The van der Waals surface area contributed by atoms with Crippen molar-refractivity contribution in [2.45, 2.75) is 6.92 Å². The first-order chi connectivity index (χ1) is 4.74. The third kappa shape index (κ3) is 1.30. The maximum absolute atomic E-state index is 10.7. The molecule has 0 atom stereocenters. The molecule has 2 nitrogen and oxygen atoms in total. The zero-order valence-corrected chi connectivity index (χ0v) is 6.44. The van der Waals surface area contributed by atoms with Crippen LogP contribution in [0.4, 0.5) is 0 Å². The highest BCUT2D eigenvalue weighted by atomic mass is 32.1. The minimum Gasteiger partial charge on any atom is -0.292 e. The number of aromatic nitrogens is 1. The summed E-state index contributed by atoms with van der Waals surface area (Å²) in [7, 11) is 0. The predicted molar refractivity (Wildman–Crippen MR) is 42.2 cm³/mol. The second-order valence-corrected chi connectivity index (χ2v) is 2.89. The molecule has 0 bridgehead atoms. The lowest BCUT2D eigenvalue weighted by Crippen LogP contribution is -1.87. The highest BCUT2D eigenvalue weighted by Gasteiger charge is 2.02. The molecule has 3 heteroatoms. The van der Waals surface area contributed by atoms with Gasteiger partial charge in [0, 0.05) is 18.0 Å². The van der Waals surface area contributed by atoms with Gasteiger partial charge in [-0.1, -0.05) is 12.7 Å². The van der Waals surface area contributed by atoms with Crippen LogP contribution in [-0.2, 0) is 0 Å². The van der Waals surface area contributed by atoms with Gasteiger partial charge in [-0.2, -0.15) is 0 Å². The quantitative estimate of drug-likeness (QED) is 0.608. The van der Waals surface area contributed by atoms with E-state index >= 15 is 0 Å². The summed E-state index contributed by atoms with van der Waals surface area (Å²) < 4.78 is 0. The minimum absolute atomic E-state index is 0.0121. The molecule has 0 saturated carbocycles. The van der Waals surface area contributed by atoms with Gasteiger partial charge < -0.3 is 0 Å². The lowest BCUT2D eigenvalue weighted by molar-refractivity contribution is 0.101. The minimum atomic E-state index is 0.0121. The van der Waals surface area contributed by atoms with Gasteiger partial charge in [0.15, 0.2) is 10.8 Å². The van der Waals surface area contributed by atoms with Crippen molar-refractivity contribution in [2.75, 3.05) is 0 Å². The number of thiazole rings is 1. The SMILES string of the molecule is C=Cc1cnc(C(C)=O)s1. The molecule has 0 radical (unpaired) electrons. The highest BCUT2D eigenvalue weighted by Crippen LogP contribution is 2.13. The number of hydrogen-bond acceptors (Lipinski definition) is 3. The van der Waals surface area contributed by atoms with E-state index in [-0.39, 0.29) is 5.78 Å². The van der Waals surface area contributed by atoms with Crippen LogP contribution >= 0.6 is 11.3 Å². The highest BCUT2D eigenvalue weighted by molar-refractivity contribution is 7.14. The molecule has 0 spiro atoms. The fraction of sp³-hybridized carbons (Fsp3) is 0.143. The van der Waals surface area contributed by atoms with Gasteiger partial charge in [0.2, 0.25) is 0 Å². The van der Waals surface area contributed by atoms with Crippen LogP contribution < -0.4 is 0 Å². The van der Waals surface area contributed by atoms with Gasteiger partial charge in [-0.3, -0.25) is 4.79 Å². The molecule has 0 N–H and O–H groups in total. The van der Waals surface area contributed by atoms with Crippen LogP contribution in [0.3, 0.4) is 0 Å². The van der Waals surface area contributed by atoms with Crippen LogP contribution in [0.25, 0.3) is 6.08 Å².